The minimum atomic E-state index is -2.91. The molecule has 1 fully saturated rings. The molecule has 88 valence electrons. The first kappa shape index (κ1) is 12.3. The van der Waals surface area contributed by atoms with Gasteiger partial charge in [0, 0.05) is 12.6 Å². The molecule has 2 amide bonds. The average Bonchev–Trinajstić information content (AvgIpc) is 2.42. The third-order valence-corrected chi connectivity index (χ3v) is 4.01. The molecule has 1 heterocycles. The zero-order chi connectivity index (χ0) is 11.5. The minimum Gasteiger partial charge on any atom is -0.338 e. The van der Waals surface area contributed by atoms with Crippen LogP contribution in [0.1, 0.15) is 20.3 Å². The summed E-state index contributed by atoms with van der Waals surface area (Å²) in [5, 5.41) is 5.35. The number of hydrogen-bond donors (Lipinski definition) is 2. The maximum atomic E-state index is 11.3. The van der Waals surface area contributed by atoms with E-state index in [-0.39, 0.29) is 23.6 Å². The summed E-state index contributed by atoms with van der Waals surface area (Å²) in [4.78, 5) is 11.3. The molecule has 1 saturated heterocycles. The first-order chi connectivity index (χ1) is 6.89. The number of amides is 2. The molecule has 15 heavy (non-hydrogen) atoms. The van der Waals surface area contributed by atoms with Crippen molar-refractivity contribution in [3.63, 3.8) is 0 Å². The molecule has 1 aliphatic rings. The van der Waals surface area contributed by atoms with E-state index in [1.165, 1.54) is 0 Å². The van der Waals surface area contributed by atoms with Crippen LogP contribution in [0.4, 0.5) is 4.79 Å². The largest absolute Gasteiger partial charge is 0.338 e. The molecule has 2 N–H and O–H groups in total. The smallest absolute Gasteiger partial charge is 0.315 e. The highest BCUT2D eigenvalue weighted by molar-refractivity contribution is 7.91. The van der Waals surface area contributed by atoms with Gasteiger partial charge in [0.25, 0.3) is 0 Å². The number of hydrogen-bond acceptors (Lipinski definition) is 3. The van der Waals surface area contributed by atoms with Crippen LogP contribution >= 0.6 is 0 Å². The van der Waals surface area contributed by atoms with E-state index in [0.717, 1.165) is 0 Å². The second-order valence-electron chi connectivity index (χ2n) is 4.35. The Morgan fingerprint density at radius 2 is 2.13 bits per heavy atom. The predicted molar refractivity (Wildman–Crippen MR) is 58.4 cm³/mol. The molecule has 0 aromatic carbocycles. The second-order valence-corrected chi connectivity index (χ2v) is 6.58. The molecule has 0 aliphatic carbocycles. The highest BCUT2D eigenvalue weighted by atomic mass is 32.2. The molecular weight excluding hydrogens is 216 g/mol. The molecule has 1 atom stereocenters. The summed E-state index contributed by atoms with van der Waals surface area (Å²) in [6.07, 6.45) is 0.525. The van der Waals surface area contributed by atoms with Crippen molar-refractivity contribution in [2.24, 2.45) is 5.92 Å². The Bertz CT molecular complexity index is 324. The van der Waals surface area contributed by atoms with Gasteiger partial charge in [0.2, 0.25) is 0 Å². The monoisotopic (exact) mass is 234 g/mol. The van der Waals surface area contributed by atoms with E-state index >= 15 is 0 Å². The molecule has 1 unspecified atom stereocenters. The Morgan fingerprint density at radius 3 is 2.60 bits per heavy atom. The van der Waals surface area contributed by atoms with E-state index in [1.54, 1.807) is 0 Å². The molecule has 0 bridgehead atoms. The molecule has 0 spiro atoms. The molecule has 5 nitrogen and oxygen atoms in total. The van der Waals surface area contributed by atoms with Crippen LogP contribution in [0.2, 0.25) is 0 Å². The van der Waals surface area contributed by atoms with Gasteiger partial charge >= 0.3 is 6.03 Å². The van der Waals surface area contributed by atoms with E-state index in [2.05, 4.69) is 10.6 Å². The number of carbonyl (C=O) groups excluding carboxylic acids is 1. The van der Waals surface area contributed by atoms with E-state index < -0.39 is 9.84 Å². The van der Waals surface area contributed by atoms with Crippen molar-refractivity contribution in [2.75, 3.05) is 18.1 Å². The Morgan fingerprint density at radius 1 is 1.47 bits per heavy atom. The highest BCUT2D eigenvalue weighted by Crippen LogP contribution is 2.10. The van der Waals surface area contributed by atoms with Crippen molar-refractivity contribution in [1.29, 1.82) is 0 Å². The van der Waals surface area contributed by atoms with Gasteiger partial charge in [0.1, 0.15) is 0 Å². The molecule has 0 aromatic rings. The lowest BCUT2D eigenvalue weighted by molar-refractivity contribution is 0.236. The van der Waals surface area contributed by atoms with E-state index in [1.807, 2.05) is 13.8 Å². The lowest BCUT2D eigenvalue weighted by Gasteiger charge is -2.13. The van der Waals surface area contributed by atoms with Crippen molar-refractivity contribution in [3.05, 3.63) is 0 Å². The number of urea groups is 1. The Balaban J connectivity index is 2.28. The molecule has 0 saturated carbocycles. The predicted octanol–water partition coefficient (Wildman–Crippen LogP) is 0.129. The van der Waals surface area contributed by atoms with Crippen molar-refractivity contribution in [3.8, 4) is 0 Å². The van der Waals surface area contributed by atoms with Crippen molar-refractivity contribution in [1.82, 2.24) is 10.6 Å². The lowest BCUT2D eigenvalue weighted by Crippen LogP contribution is -2.43. The SMILES string of the molecule is CC(C)CNC(=O)NC1CCS(=O)(=O)C1. The van der Waals surface area contributed by atoms with Crippen LogP contribution in [-0.4, -0.2) is 38.5 Å². The van der Waals surface area contributed by atoms with Crippen LogP contribution in [0, 0.1) is 5.92 Å². The number of nitrogens with one attached hydrogen (secondary N) is 2. The summed E-state index contributed by atoms with van der Waals surface area (Å²) in [6.45, 7) is 4.60. The van der Waals surface area contributed by atoms with E-state index in [4.69, 9.17) is 0 Å². The standard InChI is InChI=1S/C9H18N2O3S/c1-7(2)5-10-9(12)11-8-3-4-15(13,14)6-8/h7-8H,3-6H2,1-2H3,(H2,10,11,12). The molecule has 0 radical (unpaired) electrons. The molecule has 1 aliphatic heterocycles. The van der Waals surface area contributed by atoms with E-state index in [9.17, 15) is 13.2 Å². The van der Waals surface area contributed by atoms with Gasteiger partial charge in [-0.2, -0.15) is 0 Å². The van der Waals surface area contributed by atoms with Gasteiger partial charge in [0.05, 0.1) is 11.5 Å². The minimum absolute atomic E-state index is 0.0715. The zero-order valence-corrected chi connectivity index (χ0v) is 9.93. The quantitative estimate of drug-likeness (QED) is 0.728. The van der Waals surface area contributed by atoms with Gasteiger partial charge in [-0.1, -0.05) is 13.8 Å². The molecule has 0 aromatic heterocycles. The van der Waals surface area contributed by atoms with Gasteiger partial charge < -0.3 is 10.6 Å². The topological polar surface area (TPSA) is 75.3 Å². The maximum Gasteiger partial charge on any atom is 0.315 e. The number of rotatable bonds is 3. The number of carbonyl (C=O) groups is 1. The summed E-state index contributed by atoms with van der Waals surface area (Å²) in [6, 6.07) is -0.493. The van der Waals surface area contributed by atoms with Gasteiger partial charge in [-0.25, -0.2) is 13.2 Å². The Kier molecular flexibility index (Phi) is 3.96. The average molecular weight is 234 g/mol. The first-order valence-corrected chi connectivity index (χ1v) is 6.96. The van der Waals surface area contributed by atoms with E-state index in [0.29, 0.717) is 18.9 Å². The van der Waals surface area contributed by atoms with Gasteiger partial charge in [0.15, 0.2) is 9.84 Å². The van der Waals surface area contributed by atoms with Crippen molar-refractivity contribution in [2.45, 2.75) is 26.3 Å². The fraction of sp³-hybridized carbons (Fsp3) is 0.889. The van der Waals surface area contributed by atoms with Crippen LogP contribution in [0.5, 0.6) is 0 Å². The fourth-order valence-corrected chi connectivity index (χ4v) is 3.12. The molecular formula is C9H18N2O3S. The van der Waals surface area contributed by atoms with Crippen molar-refractivity contribution >= 4 is 15.9 Å². The Hall–Kier alpha value is -0.780. The normalized spacial score (nSPS) is 24.1. The number of sulfone groups is 1. The molecule has 1 rings (SSSR count). The lowest BCUT2D eigenvalue weighted by atomic mass is 10.2. The summed E-state index contributed by atoms with van der Waals surface area (Å²) >= 11 is 0. The van der Waals surface area contributed by atoms with Crippen LogP contribution < -0.4 is 10.6 Å². The third kappa shape index (κ3) is 4.51. The molecule has 6 heteroatoms. The van der Waals surface area contributed by atoms with Crippen molar-refractivity contribution < 1.29 is 13.2 Å². The third-order valence-electron chi connectivity index (χ3n) is 2.24. The van der Waals surface area contributed by atoms with Gasteiger partial charge in [-0.3, -0.25) is 0 Å². The highest BCUT2D eigenvalue weighted by Gasteiger charge is 2.28. The van der Waals surface area contributed by atoms with Gasteiger partial charge in [-0.15, -0.1) is 0 Å². The van der Waals surface area contributed by atoms with Crippen LogP contribution in [0.3, 0.4) is 0 Å². The summed E-state index contributed by atoms with van der Waals surface area (Å²) in [7, 11) is -2.91. The summed E-state index contributed by atoms with van der Waals surface area (Å²) in [5.74, 6) is 0.646. The first-order valence-electron chi connectivity index (χ1n) is 5.14. The van der Waals surface area contributed by atoms with Crippen LogP contribution in [0.25, 0.3) is 0 Å². The summed E-state index contributed by atoms with van der Waals surface area (Å²) < 4.78 is 22.2. The zero-order valence-electron chi connectivity index (χ0n) is 9.12. The fourth-order valence-electron chi connectivity index (χ4n) is 1.44. The Labute approximate surface area is 90.5 Å². The summed E-state index contributed by atoms with van der Waals surface area (Å²) in [5.41, 5.74) is 0. The van der Waals surface area contributed by atoms with Crippen LogP contribution in [-0.2, 0) is 9.84 Å². The second kappa shape index (κ2) is 4.83. The van der Waals surface area contributed by atoms with Gasteiger partial charge in [-0.05, 0) is 12.3 Å². The van der Waals surface area contributed by atoms with Crippen LogP contribution in [0.15, 0.2) is 0 Å². The maximum absolute atomic E-state index is 11.3.